The van der Waals surface area contributed by atoms with Crippen LogP contribution in [0.4, 0.5) is 0 Å². The lowest BCUT2D eigenvalue weighted by molar-refractivity contribution is -1.92. The van der Waals surface area contributed by atoms with E-state index in [1.54, 1.807) is 21.6 Å². The third kappa shape index (κ3) is 6.00. The molecule has 2 aliphatic heterocycles. The average molecular weight is 342 g/mol. The van der Waals surface area contributed by atoms with Crippen LogP contribution in [0.15, 0.2) is 20.6 Å². The Morgan fingerprint density at radius 2 is 1.85 bits per heavy atom. The molecule has 1 atom stereocenters. The number of aliphatic imine (C=N–C) groups is 2. The topological polar surface area (TPSA) is 117 Å². The maximum Gasteiger partial charge on any atom is 0.175 e. The average Bonchev–Trinajstić information content (AvgIpc) is 2.82. The summed E-state index contributed by atoms with van der Waals surface area (Å²) in [5.41, 5.74) is 2.49. The van der Waals surface area contributed by atoms with Gasteiger partial charge in [0.25, 0.3) is 0 Å². The number of halogens is 1. The van der Waals surface area contributed by atoms with E-state index in [9.17, 15) is 0 Å². The fourth-order valence-electron chi connectivity index (χ4n) is 1.63. The minimum absolute atomic E-state index is 0.428. The summed E-state index contributed by atoms with van der Waals surface area (Å²) in [6.45, 7) is 4.24. The van der Waals surface area contributed by atoms with Crippen LogP contribution in [0.25, 0.3) is 0 Å². The first-order chi connectivity index (χ1) is 9.08. The Morgan fingerprint density at radius 1 is 1.30 bits per heavy atom. The van der Waals surface area contributed by atoms with Crippen LogP contribution in [0, 0.1) is 10.2 Å². The summed E-state index contributed by atoms with van der Waals surface area (Å²) >= 11 is 0. The van der Waals surface area contributed by atoms with Crippen molar-refractivity contribution in [3.8, 4) is 0 Å². The van der Waals surface area contributed by atoms with Gasteiger partial charge in [-0.1, -0.05) is 0 Å². The second-order valence-corrected chi connectivity index (χ2v) is 7.28. The first-order valence-corrected chi connectivity index (χ1v) is 9.01. The molecule has 2 rings (SSSR count). The number of rotatable bonds is 0. The summed E-state index contributed by atoms with van der Waals surface area (Å²) in [7, 11) is 2.84. The molecule has 0 fully saturated rings. The normalized spacial score (nSPS) is 25.9. The predicted molar refractivity (Wildman–Crippen MR) is 72.7 cm³/mol. The molecule has 7 nitrogen and oxygen atoms in total. The van der Waals surface area contributed by atoms with Gasteiger partial charge in [-0.15, -0.1) is 0 Å². The number of amidine groups is 1. The summed E-state index contributed by atoms with van der Waals surface area (Å²) in [6.07, 6.45) is 1.04. The van der Waals surface area contributed by atoms with Gasteiger partial charge in [0, 0.05) is 25.4 Å². The fraction of sp³-hybridized carbons (Fsp3) is 0.600. The van der Waals surface area contributed by atoms with Gasteiger partial charge in [-0.25, -0.2) is 4.99 Å². The number of hydrogen-bond donors (Lipinski definition) is 1. The highest BCUT2D eigenvalue weighted by molar-refractivity contribution is 8.84. The molecule has 1 unspecified atom stereocenters. The van der Waals surface area contributed by atoms with Crippen molar-refractivity contribution in [3.05, 3.63) is 10.6 Å². The van der Waals surface area contributed by atoms with E-state index < -0.39 is 10.2 Å². The molecule has 0 saturated carbocycles. The van der Waals surface area contributed by atoms with Gasteiger partial charge in [0.1, 0.15) is 5.03 Å². The lowest BCUT2D eigenvalue weighted by Gasteiger charge is -2.07. The van der Waals surface area contributed by atoms with E-state index >= 15 is 0 Å². The predicted octanol–water partition coefficient (Wildman–Crippen LogP) is -1.36. The van der Waals surface area contributed by atoms with Gasteiger partial charge in [0.2, 0.25) is 0 Å². The quantitative estimate of drug-likeness (QED) is 0.540. The summed E-state index contributed by atoms with van der Waals surface area (Å²) < 4.78 is 32.7. The van der Waals surface area contributed by atoms with E-state index in [4.69, 9.17) is 18.6 Å². The standard InChI is InChI=1S/C10H15N3S2.ClHO4/c1-6-5-8(7(2)11-6)9-12-10(13(3)4)15-14-9;2-1(3,4)5/h6H,5H2,1-4H3;(H,2,3,4,5)/b9-8+;. The van der Waals surface area contributed by atoms with Crippen molar-refractivity contribution >= 4 is 32.5 Å². The van der Waals surface area contributed by atoms with Crippen LogP contribution in [-0.4, -0.2) is 40.6 Å². The molecule has 0 aromatic heterocycles. The van der Waals surface area contributed by atoms with E-state index in [0.29, 0.717) is 6.04 Å². The zero-order valence-corrected chi connectivity index (χ0v) is 13.9. The molecule has 20 heavy (non-hydrogen) atoms. The molecule has 0 radical (unpaired) electrons. The van der Waals surface area contributed by atoms with Gasteiger partial charge in [0.15, 0.2) is 5.17 Å². The molecular formula is C10H16ClN3O4S2. The lowest BCUT2D eigenvalue weighted by Crippen LogP contribution is -2.58. The second-order valence-electron chi connectivity index (χ2n) is 4.40. The van der Waals surface area contributed by atoms with Crippen molar-refractivity contribution in [2.75, 3.05) is 14.1 Å². The zero-order chi connectivity index (χ0) is 15.5. The zero-order valence-electron chi connectivity index (χ0n) is 11.5. The van der Waals surface area contributed by atoms with Crippen molar-refractivity contribution in [2.24, 2.45) is 9.98 Å². The summed E-state index contributed by atoms with van der Waals surface area (Å²) in [5.74, 6) is 0. The minimum Gasteiger partial charge on any atom is -0.357 e. The Labute approximate surface area is 127 Å². The monoisotopic (exact) mass is 341 g/mol. The largest absolute Gasteiger partial charge is 0.357 e. The Morgan fingerprint density at radius 3 is 2.20 bits per heavy atom. The van der Waals surface area contributed by atoms with Crippen LogP contribution < -0.4 is 14.0 Å². The molecule has 0 aliphatic carbocycles. The molecule has 0 spiro atoms. The Bertz CT molecular complexity index is 454. The summed E-state index contributed by atoms with van der Waals surface area (Å²) in [5, 5.41) is 2.23. The van der Waals surface area contributed by atoms with Crippen LogP contribution in [0.1, 0.15) is 20.3 Å². The first-order valence-electron chi connectivity index (χ1n) is 5.59. The number of nitrogens with zero attached hydrogens (tertiary/aromatic N) is 3. The van der Waals surface area contributed by atoms with Crippen molar-refractivity contribution in [1.82, 2.24) is 4.90 Å². The highest BCUT2D eigenvalue weighted by Gasteiger charge is 2.24. The molecule has 10 heteroatoms. The van der Waals surface area contributed by atoms with Crippen molar-refractivity contribution in [3.63, 3.8) is 0 Å². The molecule has 1 N–H and O–H groups in total. The molecule has 2 aliphatic rings. The SMILES string of the molecule is CC1=NC(C)C/C1=C1/N=C(N(C)C)SS1.[O-][Cl+3]([O-])([O-])O. The van der Waals surface area contributed by atoms with E-state index in [1.807, 2.05) is 14.1 Å². The van der Waals surface area contributed by atoms with Crippen LogP contribution >= 0.6 is 21.6 Å². The second kappa shape index (κ2) is 7.12. The maximum atomic E-state index is 8.60. The third-order valence-corrected chi connectivity index (χ3v) is 4.74. The molecule has 0 bridgehead atoms. The Kier molecular flexibility index (Phi) is 6.32. The summed E-state index contributed by atoms with van der Waals surface area (Å²) in [6, 6.07) is 0.428. The van der Waals surface area contributed by atoms with Gasteiger partial charge >= 0.3 is 0 Å². The molecule has 0 aromatic carbocycles. The molecular weight excluding hydrogens is 326 g/mol. The third-order valence-electron chi connectivity index (χ3n) is 2.38. The van der Waals surface area contributed by atoms with Crippen molar-refractivity contribution < 1.29 is 28.9 Å². The Hall–Kier alpha value is -0.290. The van der Waals surface area contributed by atoms with Gasteiger partial charge in [-0.3, -0.25) is 4.99 Å². The Balaban J connectivity index is 0.000000347. The van der Waals surface area contributed by atoms with E-state index in [-0.39, 0.29) is 0 Å². The van der Waals surface area contributed by atoms with E-state index in [1.165, 1.54) is 5.57 Å². The lowest BCUT2D eigenvalue weighted by atomic mass is 10.1. The molecule has 2 heterocycles. The van der Waals surface area contributed by atoms with Crippen LogP contribution in [0.5, 0.6) is 0 Å². The van der Waals surface area contributed by atoms with Gasteiger partial charge < -0.3 is 4.90 Å². The smallest absolute Gasteiger partial charge is 0.175 e. The highest BCUT2D eigenvalue weighted by Crippen LogP contribution is 2.43. The summed E-state index contributed by atoms with van der Waals surface area (Å²) in [4.78, 5) is 11.2. The first kappa shape index (κ1) is 17.8. The molecule has 0 aromatic rings. The van der Waals surface area contributed by atoms with Crippen LogP contribution in [0.2, 0.25) is 0 Å². The number of hydrogen-bond acceptors (Lipinski definition) is 9. The van der Waals surface area contributed by atoms with Crippen molar-refractivity contribution in [1.29, 1.82) is 0 Å². The van der Waals surface area contributed by atoms with Gasteiger partial charge in [-0.05, 0) is 41.9 Å². The fourth-order valence-corrected chi connectivity index (χ4v) is 4.01. The van der Waals surface area contributed by atoms with Crippen LogP contribution in [-0.2, 0) is 0 Å². The van der Waals surface area contributed by atoms with Crippen molar-refractivity contribution in [2.45, 2.75) is 26.3 Å². The van der Waals surface area contributed by atoms with Crippen LogP contribution in [0.3, 0.4) is 0 Å². The van der Waals surface area contributed by atoms with E-state index in [2.05, 4.69) is 28.7 Å². The molecule has 0 amide bonds. The minimum atomic E-state index is -4.69. The van der Waals surface area contributed by atoms with E-state index in [0.717, 1.165) is 22.3 Å². The maximum absolute atomic E-state index is 8.60. The molecule has 0 saturated heterocycles. The highest BCUT2D eigenvalue weighted by atomic mass is 35.7. The van der Waals surface area contributed by atoms with Gasteiger partial charge in [-0.2, -0.15) is 14.0 Å². The van der Waals surface area contributed by atoms with Gasteiger partial charge in [0.05, 0.1) is 20.9 Å². The molecule has 114 valence electrons.